The maximum Gasteiger partial charge on any atom is 0.244 e. The number of amides is 1. The number of rotatable bonds is 3. The smallest absolute Gasteiger partial charge is 0.244 e. The Hall–Kier alpha value is -2.20. The third-order valence-corrected chi connectivity index (χ3v) is 4.43. The van der Waals surface area contributed by atoms with Crippen molar-refractivity contribution in [2.45, 2.75) is 26.4 Å². The van der Waals surface area contributed by atoms with E-state index in [9.17, 15) is 9.18 Å². The van der Waals surface area contributed by atoms with Gasteiger partial charge >= 0.3 is 0 Å². The van der Waals surface area contributed by atoms with Gasteiger partial charge in [0.2, 0.25) is 5.91 Å². The Bertz CT molecular complexity index is 682. The first-order chi connectivity index (χ1) is 11.0. The molecule has 0 bridgehead atoms. The number of hydrogen-bond donors (Lipinski definition) is 0. The Balaban J connectivity index is 1.70. The lowest BCUT2D eigenvalue weighted by molar-refractivity contribution is -0.125. The highest BCUT2D eigenvalue weighted by atomic mass is 19.1. The molecular weight excluding hydrogens is 291 g/mol. The lowest BCUT2D eigenvalue weighted by Gasteiger charge is -2.39. The molecule has 2 aromatic rings. The van der Waals surface area contributed by atoms with Crippen LogP contribution < -0.4 is 4.90 Å². The van der Waals surface area contributed by atoms with E-state index in [2.05, 4.69) is 4.90 Å². The second-order valence-electron chi connectivity index (χ2n) is 6.10. The number of anilines is 1. The summed E-state index contributed by atoms with van der Waals surface area (Å²) in [5.74, 6) is -0.121. The molecule has 3 rings (SSSR count). The summed E-state index contributed by atoms with van der Waals surface area (Å²) in [5.41, 5.74) is 3.16. The van der Waals surface area contributed by atoms with Crippen molar-refractivity contribution in [3.63, 3.8) is 0 Å². The Kier molecular flexibility index (Phi) is 4.44. The van der Waals surface area contributed by atoms with Gasteiger partial charge in [-0.1, -0.05) is 29.8 Å². The van der Waals surface area contributed by atoms with E-state index in [0.717, 1.165) is 17.8 Å². The monoisotopic (exact) mass is 312 g/mol. The lowest BCUT2D eigenvalue weighted by Crippen LogP contribution is -2.55. The van der Waals surface area contributed by atoms with Crippen molar-refractivity contribution in [3.05, 3.63) is 65.5 Å². The van der Waals surface area contributed by atoms with Gasteiger partial charge in [0.25, 0.3) is 0 Å². The second kappa shape index (κ2) is 6.50. The fourth-order valence-electron chi connectivity index (χ4n) is 2.94. The molecule has 0 spiro atoms. The molecular formula is C19H21FN2O. The molecule has 1 fully saturated rings. The topological polar surface area (TPSA) is 23.6 Å². The Morgan fingerprint density at radius 1 is 1.04 bits per heavy atom. The van der Waals surface area contributed by atoms with Crippen LogP contribution in [0.1, 0.15) is 18.1 Å². The summed E-state index contributed by atoms with van der Waals surface area (Å²) in [5, 5.41) is 0. The van der Waals surface area contributed by atoms with E-state index in [1.165, 1.54) is 17.7 Å². The fraction of sp³-hybridized carbons (Fsp3) is 0.316. The average Bonchev–Trinajstić information content (AvgIpc) is 2.55. The number of piperazine rings is 1. The van der Waals surface area contributed by atoms with Gasteiger partial charge in [0.05, 0.1) is 6.04 Å². The molecule has 0 radical (unpaired) electrons. The van der Waals surface area contributed by atoms with E-state index >= 15 is 0 Å². The number of carbonyl (C=O) groups excluding carboxylic acids is 1. The van der Waals surface area contributed by atoms with Crippen LogP contribution in [0.4, 0.5) is 10.1 Å². The van der Waals surface area contributed by atoms with E-state index < -0.39 is 0 Å². The summed E-state index contributed by atoms with van der Waals surface area (Å²) in [6, 6.07) is 14.3. The maximum absolute atomic E-state index is 13.0. The molecule has 1 aliphatic heterocycles. The highest BCUT2D eigenvalue weighted by Crippen LogP contribution is 2.22. The fourth-order valence-corrected chi connectivity index (χ4v) is 2.94. The first kappa shape index (κ1) is 15.7. The summed E-state index contributed by atoms with van der Waals surface area (Å²) >= 11 is 0. The summed E-state index contributed by atoms with van der Waals surface area (Å²) in [7, 11) is 0. The number of hydrogen-bond acceptors (Lipinski definition) is 2. The van der Waals surface area contributed by atoms with Crippen LogP contribution in [0.15, 0.2) is 48.5 Å². The molecule has 1 amide bonds. The molecule has 23 heavy (non-hydrogen) atoms. The van der Waals surface area contributed by atoms with Crippen LogP contribution in [0.3, 0.4) is 0 Å². The van der Waals surface area contributed by atoms with Gasteiger partial charge < -0.3 is 4.90 Å². The predicted molar refractivity (Wildman–Crippen MR) is 89.8 cm³/mol. The average molecular weight is 312 g/mol. The highest BCUT2D eigenvalue weighted by molar-refractivity contribution is 5.97. The standard InChI is InChI=1S/C19H21FN2O/c1-14-3-9-18(10-4-14)22-12-11-21(15(2)19(22)23)13-16-5-7-17(20)8-6-16/h3-10,15H,11-13H2,1-2H3. The van der Waals surface area contributed by atoms with Crippen LogP contribution >= 0.6 is 0 Å². The molecule has 3 nitrogen and oxygen atoms in total. The molecule has 1 saturated heterocycles. The normalized spacial score (nSPS) is 19.2. The van der Waals surface area contributed by atoms with Crippen LogP contribution in [0.2, 0.25) is 0 Å². The maximum atomic E-state index is 13.0. The highest BCUT2D eigenvalue weighted by Gasteiger charge is 2.32. The minimum atomic E-state index is -0.234. The Morgan fingerprint density at radius 2 is 1.70 bits per heavy atom. The van der Waals surface area contributed by atoms with E-state index in [0.29, 0.717) is 13.1 Å². The largest absolute Gasteiger partial charge is 0.310 e. The molecule has 2 aromatic carbocycles. The molecule has 120 valence electrons. The number of aryl methyl sites for hydroxylation is 1. The summed E-state index contributed by atoms with van der Waals surface area (Å²) in [4.78, 5) is 16.7. The van der Waals surface area contributed by atoms with Crippen LogP contribution in [-0.4, -0.2) is 29.9 Å². The van der Waals surface area contributed by atoms with E-state index in [4.69, 9.17) is 0 Å². The quantitative estimate of drug-likeness (QED) is 0.867. The van der Waals surface area contributed by atoms with Gasteiger partial charge in [0, 0.05) is 25.3 Å². The third-order valence-electron chi connectivity index (χ3n) is 4.43. The molecule has 1 aliphatic rings. The molecule has 4 heteroatoms. The second-order valence-corrected chi connectivity index (χ2v) is 6.10. The Morgan fingerprint density at radius 3 is 2.35 bits per heavy atom. The van der Waals surface area contributed by atoms with Crippen LogP contribution in [0.5, 0.6) is 0 Å². The van der Waals surface area contributed by atoms with E-state index in [-0.39, 0.29) is 17.8 Å². The number of halogens is 1. The molecule has 0 aliphatic carbocycles. The van der Waals surface area contributed by atoms with E-state index in [1.54, 1.807) is 12.1 Å². The van der Waals surface area contributed by atoms with Crippen LogP contribution in [0, 0.1) is 12.7 Å². The summed E-state index contributed by atoms with van der Waals surface area (Å²) in [6.45, 7) is 6.11. The first-order valence-corrected chi connectivity index (χ1v) is 7.91. The minimum absolute atomic E-state index is 0.113. The van der Waals surface area contributed by atoms with Crippen molar-refractivity contribution in [2.24, 2.45) is 0 Å². The number of benzene rings is 2. The SMILES string of the molecule is Cc1ccc(N2CCN(Cc3ccc(F)cc3)C(C)C2=O)cc1. The minimum Gasteiger partial charge on any atom is -0.310 e. The molecule has 0 saturated carbocycles. The van der Waals surface area contributed by atoms with Gasteiger partial charge in [-0.2, -0.15) is 0 Å². The van der Waals surface area contributed by atoms with Gasteiger partial charge in [-0.15, -0.1) is 0 Å². The van der Waals surface area contributed by atoms with Crippen molar-refractivity contribution in [3.8, 4) is 0 Å². The molecule has 0 aromatic heterocycles. The Labute approximate surface area is 136 Å². The zero-order chi connectivity index (χ0) is 16.4. The van der Waals surface area contributed by atoms with Crippen molar-refractivity contribution < 1.29 is 9.18 Å². The van der Waals surface area contributed by atoms with Crippen LogP contribution in [-0.2, 0) is 11.3 Å². The molecule has 1 atom stereocenters. The van der Waals surface area contributed by atoms with Gasteiger partial charge in [0.15, 0.2) is 0 Å². The van der Waals surface area contributed by atoms with Crippen molar-refractivity contribution in [1.29, 1.82) is 0 Å². The zero-order valence-electron chi connectivity index (χ0n) is 13.5. The van der Waals surface area contributed by atoms with Gasteiger partial charge in [-0.25, -0.2) is 4.39 Å². The molecule has 1 unspecified atom stereocenters. The number of nitrogens with zero attached hydrogens (tertiary/aromatic N) is 2. The van der Waals surface area contributed by atoms with Crippen molar-refractivity contribution in [1.82, 2.24) is 4.90 Å². The third kappa shape index (κ3) is 3.42. The zero-order valence-corrected chi connectivity index (χ0v) is 13.5. The van der Waals surface area contributed by atoms with Gasteiger partial charge in [-0.3, -0.25) is 9.69 Å². The van der Waals surface area contributed by atoms with E-state index in [1.807, 2.05) is 43.0 Å². The van der Waals surface area contributed by atoms with Crippen LogP contribution in [0.25, 0.3) is 0 Å². The van der Waals surface area contributed by atoms with Crippen molar-refractivity contribution in [2.75, 3.05) is 18.0 Å². The summed E-state index contributed by atoms with van der Waals surface area (Å²) < 4.78 is 13.0. The molecule has 0 N–H and O–H groups in total. The number of carbonyl (C=O) groups is 1. The van der Waals surface area contributed by atoms with Gasteiger partial charge in [0.1, 0.15) is 5.82 Å². The predicted octanol–water partition coefficient (Wildman–Crippen LogP) is 3.37. The lowest BCUT2D eigenvalue weighted by atomic mass is 10.1. The molecule has 1 heterocycles. The van der Waals surface area contributed by atoms with Gasteiger partial charge in [-0.05, 0) is 43.7 Å². The van der Waals surface area contributed by atoms with Crippen molar-refractivity contribution >= 4 is 11.6 Å². The first-order valence-electron chi connectivity index (χ1n) is 7.91. The summed E-state index contributed by atoms with van der Waals surface area (Å²) in [6.07, 6.45) is 0.